The number of rotatable bonds is 5. The SMILES string of the molecule is NCCCNC(=O)c1cc([N+](=O)[O-])c[nH]1. The van der Waals surface area contributed by atoms with Gasteiger partial charge in [-0.05, 0) is 13.0 Å². The van der Waals surface area contributed by atoms with Crippen molar-refractivity contribution in [3.63, 3.8) is 0 Å². The first-order chi connectivity index (χ1) is 7.15. The van der Waals surface area contributed by atoms with E-state index in [1.165, 1.54) is 12.3 Å². The van der Waals surface area contributed by atoms with Crippen LogP contribution in [0.25, 0.3) is 0 Å². The summed E-state index contributed by atoms with van der Waals surface area (Å²) in [5.74, 6) is -0.364. The molecule has 7 heteroatoms. The van der Waals surface area contributed by atoms with Gasteiger partial charge in [0.1, 0.15) is 5.69 Å². The summed E-state index contributed by atoms with van der Waals surface area (Å²) in [6.45, 7) is 0.952. The predicted octanol–water partition coefficient (Wildman–Crippen LogP) is 0.00150. The summed E-state index contributed by atoms with van der Waals surface area (Å²) in [7, 11) is 0. The van der Waals surface area contributed by atoms with Crippen LogP contribution >= 0.6 is 0 Å². The molecular formula is C8H12N4O3. The third-order valence-corrected chi connectivity index (χ3v) is 1.79. The number of hydrogen-bond acceptors (Lipinski definition) is 4. The molecule has 0 unspecified atom stereocenters. The Morgan fingerprint density at radius 2 is 2.40 bits per heavy atom. The summed E-state index contributed by atoms with van der Waals surface area (Å²) in [5, 5.41) is 12.9. The molecule has 0 saturated carbocycles. The molecule has 0 aliphatic carbocycles. The van der Waals surface area contributed by atoms with Gasteiger partial charge in [0.2, 0.25) is 0 Å². The summed E-state index contributed by atoms with van der Waals surface area (Å²) < 4.78 is 0. The van der Waals surface area contributed by atoms with Crippen molar-refractivity contribution in [2.45, 2.75) is 6.42 Å². The lowest BCUT2D eigenvalue weighted by Gasteiger charge is -2.00. The van der Waals surface area contributed by atoms with Crippen LogP contribution in [0.4, 0.5) is 5.69 Å². The lowest BCUT2D eigenvalue weighted by Crippen LogP contribution is -2.26. The third kappa shape index (κ3) is 3.06. The molecule has 1 aromatic heterocycles. The predicted molar refractivity (Wildman–Crippen MR) is 53.5 cm³/mol. The fraction of sp³-hybridized carbons (Fsp3) is 0.375. The van der Waals surface area contributed by atoms with Crippen molar-refractivity contribution in [2.24, 2.45) is 5.73 Å². The van der Waals surface area contributed by atoms with Crippen molar-refractivity contribution >= 4 is 11.6 Å². The molecule has 0 atom stereocenters. The van der Waals surface area contributed by atoms with Gasteiger partial charge in [0, 0.05) is 12.6 Å². The Morgan fingerprint density at radius 1 is 1.67 bits per heavy atom. The molecule has 0 aromatic carbocycles. The van der Waals surface area contributed by atoms with E-state index in [9.17, 15) is 14.9 Å². The van der Waals surface area contributed by atoms with Crippen molar-refractivity contribution in [3.05, 3.63) is 28.1 Å². The third-order valence-electron chi connectivity index (χ3n) is 1.79. The van der Waals surface area contributed by atoms with Crippen LogP contribution in [-0.4, -0.2) is 28.9 Å². The van der Waals surface area contributed by atoms with Crippen molar-refractivity contribution < 1.29 is 9.72 Å². The zero-order chi connectivity index (χ0) is 11.3. The zero-order valence-corrected chi connectivity index (χ0v) is 8.03. The molecule has 0 aliphatic heterocycles. The molecule has 82 valence electrons. The molecule has 1 rings (SSSR count). The monoisotopic (exact) mass is 212 g/mol. The van der Waals surface area contributed by atoms with E-state index in [-0.39, 0.29) is 17.3 Å². The van der Waals surface area contributed by atoms with Gasteiger partial charge in [0.15, 0.2) is 0 Å². The molecular weight excluding hydrogens is 200 g/mol. The number of nitrogens with two attached hydrogens (primary N) is 1. The van der Waals surface area contributed by atoms with E-state index in [4.69, 9.17) is 5.73 Å². The molecule has 0 bridgehead atoms. The number of H-pyrrole nitrogens is 1. The van der Waals surface area contributed by atoms with Gasteiger partial charge in [-0.1, -0.05) is 0 Å². The summed E-state index contributed by atoms with van der Waals surface area (Å²) in [5.41, 5.74) is 5.30. The molecule has 7 nitrogen and oxygen atoms in total. The first-order valence-electron chi connectivity index (χ1n) is 4.46. The Hall–Kier alpha value is -1.89. The molecule has 0 spiro atoms. The molecule has 0 aliphatic rings. The average molecular weight is 212 g/mol. The van der Waals surface area contributed by atoms with Crippen LogP contribution < -0.4 is 11.1 Å². The maximum atomic E-state index is 11.3. The van der Waals surface area contributed by atoms with E-state index in [0.717, 1.165) is 0 Å². The number of nitrogens with one attached hydrogen (secondary N) is 2. The Kier molecular flexibility index (Phi) is 3.81. The maximum Gasteiger partial charge on any atom is 0.287 e. The number of nitrogens with zero attached hydrogens (tertiary/aromatic N) is 1. The quantitative estimate of drug-likeness (QED) is 0.362. The van der Waals surface area contributed by atoms with Crippen LogP contribution in [0.5, 0.6) is 0 Å². The van der Waals surface area contributed by atoms with Gasteiger partial charge in [-0.25, -0.2) is 0 Å². The van der Waals surface area contributed by atoms with Crippen LogP contribution in [0.15, 0.2) is 12.3 Å². The van der Waals surface area contributed by atoms with Gasteiger partial charge < -0.3 is 16.0 Å². The van der Waals surface area contributed by atoms with Crippen LogP contribution in [0.3, 0.4) is 0 Å². The number of carbonyl (C=O) groups is 1. The van der Waals surface area contributed by atoms with Gasteiger partial charge in [0.25, 0.3) is 11.6 Å². The Bertz CT molecular complexity index is 361. The number of aromatic amines is 1. The fourth-order valence-corrected chi connectivity index (χ4v) is 1.02. The molecule has 4 N–H and O–H groups in total. The highest BCUT2D eigenvalue weighted by atomic mass is 16.6. The Morgan fingerprint density at radius 3 is 2.93 bits per heavy atom. The second kappa shape index (κ2) is 5.11. The zero-order valence-electron chi connectivity index (χ0n) is 8.03. The average Bonchev–Trinajstić information content (AvgIpc) is 2.66. The normalized spacial score (nSPS) is 9.93. The van der Waals surface area contributed by atoms with Gasteiger partial charge in [-0.3, -0.25) is 14.9 Å². The number of carbonyl (C=O) groups excluding carboxylic acids is 1. The van der Waals surface area contributed by atoms with Gasteiger partial charge in [0.05, 0.1) is 11.1 Å². The standard InChI is InChI=1S/C8H12N4O3/c9-2-1-3-10-8(13)7-4-6(5-11-7)12(14)15/h4-5,11H,1-3,9H2,(H,10,13). The molecule has 1 aromatic rings. The summed E-state index contributed by atoms with van der Waals surface area (Å²) >= 11 is 0. The Balaban J connectivity index is 2.54. The summed E-state index contributed by atoms with van der Waals surface area (Å²) in [4.78, 5) is 23.7. The number of nitro groups is 1. The lowest BCUT2D eigenvalue weighted by atomic mass is 10.3. The summed E-state index contributed by atoms with van der Waals surface area (Å²) in [6.07, 6.45) is 1.85. The van der Waals surface area contributed by atoms with Crippen LogP contribution in [0, 0.1) is 10.1 Å². The van der Waals surface area contributed by atoms with Crippen molar-refractivity contribution in [1.82, 2.24) is 10.3 Å². The van der Waals surface area contributed by atoms with Crippen LogP contribution in [-0.2, 0) is 0 Å². The number of aromatic nitrogens is 1. The van der Waals surface area contributed by atoms with Gasteiger partial charge in [-0.15, -0.1) is 0 Å². The van der Waals surface area contributed by atoms with E-state index in [2.05, 4.69) is 10.3 Å². The first-order valence-corrected chi connectivity index (χ1v) is 4.46. The number of amides is 1. The van der Waals surface area contributed by atoms with Crippen molar-refractivity contribution in [3.8, 4) is 0 Å². The second-order valence-corrected chi connectivity index (χ2v) is 2.93. The summed E-state index contributed by atoms with van der Waals surface area (Å²) in [6, 6.07) is 1.19. The molecule has 1 heterocycles. The molecule has 1 amide bonds. The highest BCUT2D eigenvalue weighted by Crippen LogP contribution is 2.11. The maximum absolute atomic E-state index is 11.3. The number of hydrogen-bond donors (Lipinski definition) is 3. The minimum absolute atomic E-state index is 0.126. The smallest absolute Gasteiger partial charge is 0.287 e. The molecule has 15 heavy (non-hydrogen) atoms. The molecule has 0 fully saturated rings. The topological polar surface area (TPSA) is 114 Å². The molecule has 0 radical (unpaired) electrons. The fourth-order valence-electron chi connectivity index (χ4n) is 1.02. The van der Waals surface area contributed by atoms with Gasteiger partial charge >= 0.3 is 0 Å². The molecule has 0 saturated heterocycles. The Labute approximate surface area is 85.8 Å². The first kappa shape index (κ1) is 11.2. The van der Waals surface area contributed by atoms with Crippen LogP contribution in [0.1, 0.15) is 16.9 Å². The highest BCUT2D eigenvalue weighted by Gasteiger charge is 2.13. The minimum atomic E-state index is -0.562. The largest absolute Gasteiger partial charge is 0.351 e. The van der Waals surface area contributed by atoms with E-state index >= 15 is 0 Å². The van der Waals surface area contributed by atoms with E-state index < -0.39 is 4.92 Å². The van der Waals surface area contributed by atoms with Crippen LogP contribution in [0.2, 0.25) is 0 Å². The highest BCUT2D eigenvalue weighted by molar-refractivity contribution is 5.93. The van der Waals surface area contributed by atoms with E-state index in [1.54, 1.807) is 0 Å². The van der Waals surface area contributed by atoms with Crippen molar-refractivity contribution in [1.29, 1.82) is 0 Å². The van der Waals surface area contributed by atoms with Gasteiger partial charge in [-0.2, -0.15) is 0 Å². The second-order valence-electron chi connectivity index (χ2n) is 2.93. The van der Waals surface area contributed by atoms with Crippen molar-refractivity contribution in [2.75, 3.05) is 13.1 Å². The van der Waals surface area contributed by atoms with E-state index in [0.29, 0.717) is 19.5 Å². The van der Waals surface area contributed by atoms with E-state index in [1.807, 2.05) is 0 Å². The minimum Gasteiger partial charge on any atom is -0.351 e. The lowest BCUT2D eigenvalue weighted by molar-refractivity contribution is -0.384.